The van der Waals surface area contributed by atoms with Crippen LogP contribution in [-0.4, -0.2) is 5.91 Å². The van der Waals surface area contributed by atoms with Crippen molar-refractivity contribution >= 4 is 11.6 Å². The first-order valence-electron chi connectivity index (χ1n) is 5.37. The van der Waals surface area contributed by atoms with Crippen molar-refractivity contribution in [1.82, 2.24) is 5.32 Å². The van der Waals surface area contributed by atoms with Crippen LogP contribution < -0.4 is 11.1 Å². The predicted molar refractivity (Wildman–Crippen MR) is 65.4 cm³/mol. The molecule has 4 nitrogen and oxygen atoms in total. The van der Waals surface area contributed by atoms with Gasteiger partial charge in [0.05, 0.1) is 17.9 Å². The molecule has 3 N–H and O–H groups in total. The minimum Gasteiger partial charge on any atom is -0.467 e. The number of hydrogen-bond acceptors (Lipinski definition) is 3. The molecule has 4 heteroatoms. The molecule has 0 fully saturated rings. The molecule has 1 atom stereocenters. The summed E-state index contributed by atoms with van der Waals surface area (Å²) in [7, 11) is 0. The first-order valence-corrected chi connectivity index (χ1v) is 5.37. The fourth-order valence-corrected chi connectivity index (χ4v) is 1.59. The number of nitrogens with two attached hydrogens (primary N) is 1. The zero-order chi connectivity index (χ0) is 12.3. The van der Waals surface area contributed by atoms with Crippen LogP contribution in [0.4, 0.5) is 5.69 Å². The minimum absolute atomic E-state index is 0.183. The van der Waals surface area contributed by atoms with Crippen molar-refractivity contribution in [3.63, 3.8) is 0 Å². The molecule has 0 spiro atoms. The molecule has 0 aliphatic heterocycles. The van der Waals surface area contributed by atoms with Crippen LogP contribution in [0, 0.1) is 0 Å². The third-order valence-corrected chi connectivity index (χ3v) is 2.52. The van der Waals surface area contributed by atoms with E-state index in [1.165, 1.54) is 0 Å². The Balaban J connectivity index is 2.10. The van der Waals surface area contributed by atoms with Crippen molar-refractivity contribution in [3.05, 3.63) is 54.0 Å². The molecule has 0 radical (unpaired) electrons. The fraction of sp³-hybridized carbons (Fsp3) is 0.154. The molecular formula is C13H14N2O2. The lowest BCUT2D eigenvalue weighted by Crippen LogP contribution is -2.27. The van der Waals surface area contributed by atoms with Crippen molar-refractivity contribution in [1.29, 1.82) is 0 Å². The monoisotopic (exact) mass is 230 g/mol. The van der Waals surface area contributed by atoms with E-state index in [1.807, 2.05) is 13.0 Å². The van der Waals surface area contributed by atoms with Crippen LogP contribution in [0.3, 0.4) is 0 Å². The molecule has 1 amide bonds. The van der Waals surface area contributed by atoms with Gasteiger partial charge < -0.3 is 15.5 Å². The molecular weight excluding hydrogens is 216 g/mol. The highest BCUT2D eigenvalue weighted by Gasteiger charge is 2.14. The van der Waals surface area contributed by atoms with E-state index in [1.54, 1.807) is 36.6 Å². The summed E-state index contributed by atoms with van der Waals surface area (Å²) in [5.74, 6) is 0.514. The number of carbonyl (C=O) groups is 1. The second kappa shape index (κ2) is 4.74. The molecule has 17 heavy (non-hydrogen) atoms. The Morgan fingerprint density at radius 3 is 2.71 bits per heavy atom. The first-order chi connectivity index (χ1) is 8.18. The molecule has 1 heterocycles. The molecule has 1 aromatic carbocycles. The molecule has 2 aromatic rings. The van der Waals surface area contributed by atoms with Gasteiger partial charge >= 0.3 is 0 Å². The van der Waals surface area contributed by atoms with Crippen LogP contribution in [0.15, 0.2) is 47.1 Å². The Morgan fingerprint density at radius 2 is 2.06 bits per heavy atom. The summed E-state index contributed by atoms with van der Waals surface area (Å²) in [5.41, 5.74) is 6.68. The van der Waals surface area contributed by atoms with E-state index in [0.29, 0.717) is 17.0 Å². The normalized spacial score (nSPS) is 12.1. The maximum Gasteiger partial charge on any atom is 0.253 e. The number of amides is 1. The third-order valence-electron chi connectivity index (χ3n) is 2.52. The molecule has 1 unspecified atom stereocenters. The summed E-state index contributed by atoms with van der Waals surface area (Å²) in [6.07, 6.45) is 1.58. The fourth-order valence-electron chi connectivity index (χ4n) is 1.59. The third kappa shape index (κ3) is 2.47. The molecule has 2 rings (SSSR count). The Bertz CT molecular complexity index is 506. The summed E-state index contributed by atoms with van der Waals surface area (Å²) in [6, 6.07) is 10.4. The zero-order valence-corrected chi connectivity index (χ0v) is 9.51. The van der Waals surface area contributed by atoms with Crippen LogP contribution in [-0.2, 0) is 0 Å². The maximum atomic E-state index is 11.9. The first kappa shape index (κ1) is 11.3. The lowest BCUT2D eigenvalue weighted by molar-refractivity contribution is 0.0936. The molecule has 0 saturated carbocycles. The van der Waals surface area contributed by atoms with Gasteiger partial charge in [0.2, 0.25) is 0 Å². The average molecular weight is 230 g/mol. The maximum absolute atomic E-state index is 11.9. The van der Waals surface area contributed by atoms with E-state index in [9.17, 15) is 4.79 Å². The van der Waals surface area contributed by atoms with E-state index < -0.39 is 0 Å². The van der Waals surface area contributed by atoms with Crippen LogP contribution in [0.2, 0.25) is 0 Å². The number of anilines is 1. The highest BCUT2D eigenvalue weighted by Crippen LogP contribution is 2.15. The number of rotatable bonds is 3. The van der Waals surface area contributed by atoms with Gasteiger partial charge in [0, 0.05) is 5.69 Å². The molecule has 1 aromatic heterocycles. The minimum atomic E-state index is -0.202. The SMILES string of the molecule is CC(NC(=O)c1ccccc1N)c1ccco1. The summed E-state index contributed by atoms with van der Waals surface area (Å²) in [4.78, 5) is 11.9. The summed E-state index contributed by atoms with van der Waals surface area (Å²) >= 11 is 0. The predicted octanol–water partition coefficient (Wildman–Crippen LogP) is 2.35. The smallest absolute Gasteiger partial charge is 0.253 e. The highest BCUT2D eigenvalue weighted by atomic mass is 16.3. The molecule has 0 bridgehead atoms. The quantitative estimate of drug-likeness (QED) is 0.795. The van der Waals surface area contributed by atoms with E-state index in [-0.39, 0.29) is 11.9 Å². The van der Waals surface area contributed by atoms with Gasteiger partial charge in [0.15, 0.2) is 0 Å². The van der Waals surface area contributed by atoms with Crippen LogP contribution in [0.5, 0.6) is 0 Å². The standard InChI is InChI=1S/C13H14N2O2/c1-9(12-7-4-8-17-12)15-13(16)10-5-2-3-6-11(10)14/h2-9H,14H2,1H3,(H,15,16). The van der Waals surface area contributed by atoms with E-state index >= 15 is 0 Å². The second-order valence-corrected chi connectivity index (χ2v) is 3.80. The van der Waals surface area contributed by atoms with Crippen molar-refractivity contribution in [2.75, 3.05) is 5.73 Å². The van der Waals surface area contributed by atoms with Crippen LogP contribution in [0.1, 0.15) is 29.1 Å². The molecule has 88 valence electrons. The molecule has 0 aliphatic rings. The van der Waals surface area contributed by atoms with Crippen molar-refractivity contribution < 1.29 is 9.21 Å². The van der Waals surface area contributed by atoms with Crippen molar-refractivity contribution in [3.8, 4) is 0 Å². The lowest BCUT2D eigenvalue weighted by Gasteiger charge is -2.12. The molecule has 0 aliphatic carbocycles. The highest BCUT2D eigenvalue weighted by molar-refractivity contribution is 5.99. The number of carbonyl (C=O) groups excluding carboxylic acids is 1. The van der Waals surface area contributed by atoms with Gasteiger partial charge in [-0.2, -0.15) is 0 Å². The Hall–Kier alpha value is -2.23. The summed E-state index contributed by atoms with van der Waals surface area (Å²) < 4.78 is 5.22. The van der Waals surface area contributed by atoms with Gasteiger partial charge in [-0.05, 0) is 31.2 Å². The number of para-hydroxylation sites is 1. The lowest BCUT2D eigenvalue weighted by atomic mass is 10.1. The summed E-state index contributed by atoms with van der Waals surface area (Å²) in [6.45, 7) is 1.86. The van der Waals surface area contributed by atoms with E-state index in [0.717, 1.165) is 0 Å². The van der Waals surface area contributed by atoms with Gasteiger partial charge in [0.1, 0.15) is 5.76 Å². The van der Waals surface area contributed by atoms with E-state index in [4.69, 9.17) is 10.2 Å². The number of nitrogen functional groups attached to an aromatic ring is 1. The van der Waals surface area contributed by atoms with Gasteiger partial charge in [-0.3, -0.25) is 4.79 Å². The Labute approximate surface area is 99.4 Å². The van der Waals surface area contributed by atoms with Gasteiger partial charge in [0.25, 0.3) is 5.91 Å². The number of benzene rings is 1. The van der Waals surface area contributed by atoms with Gasteiger partial charge in [-0.1, -0.05) is 12.1 Å². The summed E-state index contributed by atoms with van der Waals surface area (Å²) in [5, 5.41) is 2.83. The van der Waals surface area contributed by atoms with Crippen LogP contribution in [0.25, 0.3) is 0 Å². The topological polar surface area (TPSA) is 68.3 Å². The van der Waals surface area contributed by atoms with Crippen molar-refractivity contribution in [2.45, 2.75) is 13.0 Å². The Morgan fingerprint density at radius 1 is 1.29 bits per heavy atom. The van der Waals surface area contributed by atoms with Gasteiger partial charge in [-0.15, -0.1) is 0 Å². The number of nitrogens with one attached hydrogen (secondary N) is 1. The van der Waals surface area contributed by atoms with Gasteiger partial charge in [-0.25, -0.2) is 0 Å². The van der Waals surface area contributed by atoms with Crippen LogP contribution >= 0.6 is 0 Å². The number of hydrogen-bond donors (Lipinski definition) is 2. The number of furan rings is 1. The zero-order valence-electron chi connectivity index (χ0n) is 9.51. The van der Waals surface area contributed by atoms with Crippen molar-refractivity contribution in [2.24, 2.45) is 0 Å². The Kier molecular flexibility index (Phi) is 3.14. The van der Waals surface area contributed by atoms with E-state index in [2.05, 4.69) is 5.32 Å². The molecule has 0 saturated heterocycles. The average Bonchev–Trinajstić information content (AvgIpc) is 2.82. The second-order valence-electron chi connectivity index (χ2n) is 3.80. The largest absolute Gasteiger partial charge is 0.467 e.